The van der Waals surface area contributed by atoms with Crippen LogP contribution in [0.4, 0.5) is 0 Å². The fourth-order valence-electron chi connectivity index (χ4n) is 4.22. The van der Waals surface area contributed by atoms with E-state index in [-0.39, 0.29) is 0 Å². The van der Waals surface area contributed by atoms with Crippen LogP contribution in [-0.4, -0.2) is 9.70 Å². The van der Waals surface area contributed by atoms with E-state index in [9.17, 15) is 0 Å². The monoisotopic (exact) mass is 1450 g/mol. The van der Waals surface area contributed by atoms with Crippen LogP contribution in [0.15, 0.2) is 60.4 Å². The van der Waals surface area contributed by atoms with E-state index in [0.29, 0.717) is 0 Å². The van der Waals surface area contributed by atoms with Crippen LogP contribution in [-0.2, 0) is 10.8 Å². The van der Waals surface area contributed by atoms with Gasteiger partial charge in [0.25, 0.3) is 0 Å². The highest BCUT2D eigenvalue weighted by atomic mass is 79.9. The molecule has 0 bridgehead atoms. The van der Waals surface area contributed by atoms with Gasteiger partial charge in [-0.05, 0) is 85.6 Å². The molecule has 1 aliphatic carbocycles. The van der Waals surface area contributed by atoms with E-state index in [4.69, 9.17) is 0 Å². The lowest BCUT2D eigenvalue weighted by Gasteiger charge is -2.62. The second-order valence-corrected chi connectivity index (χ2v) is 29.6. The van der Waals surface area contributed by atoms with Crippen LogP contribution in [0.25, 0.3) is 10.8 Å². The molecule has 0 heterocycles. The van der Waals surface area contributed by atoms with E-state index in [0.717, 1.165) is 45.4 Å². The first-order valence-corrected chi connectivity index (χ1v) is 21.6. The van der Waals surface area contributed by atoms with Gasteiger partial charge in [-0.15, -0.1) is 0 Å². The molecular formula is C22H7Br15. The van der Waals surface area contributed by atoms with Gasteiger partial charge in [0, 0.05) is 23.5 Å². The zero-order valence-corrected chi connectivity index (χ0v) is 41.0. The summed E-state index contributed by atoms with van der Waals surface area (Å²) in [4.78, 5) is 0. The van der Waals surface area contributed by atoms with Gasteiger partial charge >= 0.3 is 0 Å². The number of rotatable bonds is 3. The third kappa shape index (κ3) is 4.92. The summed E-state index contributed by atoms with van der Waals surface area (Å²) in [6.45, 7) is 0. The molecule has 0 N–H and O–H groups in total. The van der Waals surface area contributed by atoms with Crippen molar-refractivity contribution in [3.8, 4) is 0 Å². The predicted octanol–water partition coefficient (Wildman–Crippen LogP) is 15.5. The predicted molar refractivity (Wildman–Crippen MR) is 213 cm³/mol. The van der Waals surface area contributed by atoms with Crippen LogP contribution in [0.3, 0.4) is 0 Å². The molecule has 4 rings (SSSR count). The van der Waals surface area contributed by atoms with Gasteiger partial charge < -0.3 is 0 Å². The molecule has 1 unspecified atom stereocenters. The van der Waals surface area contributed by atoms with Crippen molar-refractivity contribution in [3.63, 3.8) is 0 Å². The minimum atomic E-state index is -0.991. The molecule has 200 valence electrons. The number of benzene rings is 3. The molecular weight excluding hydrogens is 1460 g/mol. The molecule has 1 aliphatic rings. The third-order valence-corrected chi connectivity index (χ3v) is 32.1. The summed E-state index contributed by atoms with van der Waals surface area (Å²) in [6.07, 6.45) is 0. The normalized spacial score (nSPS) is 22.7. The zero-order chi connectivity index (χ0) is 28.1. The number of halogens is 15. The summed E-state index contributed by atoms with van der Waals surface area (Å²) in [5.41, 5.74) is 2.86. The maximum Gasteiger partial charge on any atom is 0.136 e. The fourth-order valence-corrected chi connectivity index (χ4v) is 18.6. The van der Waals surface area contributed by atoms with Gasteiger partial charge in [0.15, 0.2) is 0 Å². The second-order valence-electron chi connectivity index (χ2n) is 8.06. The molecule has 0 fully saturated rings. The lowest BCUT2D eigenvalue weighted by Crippen LogP contribution is -2.67. The van der Waals surface area contributed by atoms with Crippen molar-refractivity contribution in [2.75, 3.05) is 0 Å². The van der Waals surface area contributed by atoms with Gasteiger partial charge in [-0.25, -0.2) is 0 Å². The van der Waals surface area contributed by atoms with E-state index >= 15 is 0 Å². The van der Waals surface area contributed by atoms with Gasteiger partial charge in [0.1, 0.15) is 20.5 Å². The van der Waals surface area contributed by atoms with Crippen molar-refractivity contribution in [1.29, 1.82) is 0 Å². The van der Waals surface area contributed by atoms with Crippen molar-refractivity contribution in [1.82, 2.24) is 0 Å². The Morgan fingerprint density at radius 2 is 1.03 bits per heavy atom. The van der Waals surface area contributed by atoms with Crippen LogP contribution in [0.1, 0.15) is 16.7 Å². The molecule has 3 aromatic carbocycles. The fraction of sp³-hybridized carbons (Fsp3) is 0.273. The number of fused-ring (bicyclic) bond motifs is 2. The average molecular weight is 1470 g/mol. The molecule has 0 saturated carbocycles. The summed E-state index contributed by atoms with van der Waals surface area (Å²) < 4.78 is -2.10. The molecule has 0 amide bonds. The Kier molecular flexibility index (Phi) is 11.1. The van der Waals surface area contributed by atoms with Crippen molar-refractivity contribution in [2.24, 2.45) is 0 Å². The van der Waals surface area contributed by atoms with Crippen molar-refractivity contribution in [2.45, 2.75) is 20.5 Å². The summed E-state index contributed by atoms with van der Waals surface area (Å²) in [5, 5.41) is 2.22. The molecule has 0 nitrogen and oxygen atoms in total. The largest absolute Gasteiger partial charge is 0.136 e. The number of alkyl halides is 11. The lowest BCUT2D eigenvalue weighted by atomic mass is 9.78. The van der Waals surface area contributed by atoms with Crippen molar-refractivity contribution in [3.05, 3.63) is 77.0 Å². The molecule has 0 spiro atoms. The standard InChI is InChI=1S/C22H7Br15/c23-13-11-12(14(24)16(26)15(13)25)19(30,31)22(36,37)21(34,35)17(11,27)20(32,33)18(28,29)10-7-3-5-8-4-1-2-6-9(8)10/h1-7H. The average Bonchev–Trinajstić information content (AvgIpc) is 2.82. The smallest absolute Gasteiger partial charge is 0.0749 e. The topological polar surface area (TPSA) is 0 Å². The first-order chi connectivity index (χ1) is 16.7. The van der Waals surface area contributed by atoms with Crippen LogP contribution in [0.5, 0.6) is 0 Å². The van der Waals surface area contributed by atoms with E-state index in [1.165, 1.54) is 0 Å². The first kappa shape index (κ1) is 35.0. The van der Waals surface area contributed by atoms with Gasteiger partial charge in [0.2, 0.25) is 0 Å². The Hall–Kier alpha value is 5.12. The molecule has 15 heteroatoms. The maximum absolute atomic E-state index is 4.27. The van der Waals surface area contributed by atoms with E-state index in [2.05, 4.69) is 269 Å². The quantitative estimate of drug-likeness (QED) is 0.139. The minimum absolute atomic E-state index is 0.825. The SMILES string of the molecule is Brc1c(Br)c(Br)c2c(c1Br)C(Br)(Br)C(Br)(Br)C(Br)(Br)C2(Br)C(Br)(Br)C(Br)(Br)c1cccc2ccccc12. The second kappa shape index (κ2) is 11.7. The van der Waals surface area contributed by atoms with Gasteiger partial charge in [0.05, 0.1) is 0 Å². The summed E-state index contributed by atoms with van der Waals surface area (Å²) in [7, 11) is 0. The van der Waals surface area contributed by atoms with Crippen LogP contribution < -0.4 is 0 Å². The number of hydrogen-bond donors (Lipinski definition) is 0. The number of hydrogen-bond acceptors (Lipinski definition) is 0. The molecule has 0 saturated heterocycles. The van der Waals surface area contributed by atoms with Crippen LogP contribution >= 0.6 is 239 Å². The summed E-state index contributed by atoms with van der Waals surface area (Å²) in [6, 6.07) is 14.6. The van der Waals surface area contributed by atoms with Crippen molar-refractivity contribution >= 4 is 250 Å². The highest BCUT2D eigenvalue weighted by Gasteiger charge is 2.79. The van der Waals surface area contributed by atoms with E-state index < -0.39 is 20.5 Å². The Bertz CT molecular complexity index is 1420. The Morgan fingerprint density at radius 1 is 0.541 bits per heavy atom. The van der Waals surface area contributed by atoms with Gasteiger partial charge in [-0.2, -0.15) is 0 Å². The molecule has 1 atom stereocenters. The summed E-state index contributed by atoms with van der Waals surface area (Å²) in [5.74, 6) is 0. The highest BCUT2D eigenvalue weighted by molar-refractivity contribution is 9.33. The molecule has 0 aliphatic heterocycles. The van der Waals surface area contributed by atoms with Crippen molar-refractivity contribution < 1.29 is 0 Å². The minimum Gasteiger partial charge on any atom is -0.0749 e. The highest BCUT2D eigenvalue weighted by Crippen LogP contribution is 2.82. The summed E-state index contributed by atoms with van der Waals surface area (Å²) >= 11 is 60.2. The van der Waals surface area contributed by atoms with E-state index in [1.54, 1.807) is 0 Å². The molecule has 3 aromatic rings. The molecule has 37 heavy (non-hydrogen) atoms. The third-order valence-electron chi connectivity index (χ3n) is 6.10. The van der Waals surface area contributed by atoms with Gasteiger partial charge in [-0.1, -0.05) is 218 Å². The molecule has 0 aromatic heterocycles. The Labute approximate surface area is 340 Å². The Balaban J connectivity index is 2.19. The maximum atomic E-state index is 4.27. The lowest BCUT2D eigenvalue weighted by molar-refractivity contribution is 0.459. The van der Waals surface area contributed by atoms with E-state index in [1.807, 2.05) is 12.1 Å². The van der Waals surface area contributed by atoms with Crippen LogP contribution in [0.2, 0.25) is 0 Å². The van der Waals surface area contributed by atoms with Crippen LogP contribution in [0, 0.1) is 0 Å². The zero-order valence-electron chi connectivity index (χ0n) is 17.2. The molecule has 0 radical (unpaired) electrons. The Morgan fingerprint density at radius 3 is 1.59 bits per heavy atom. The van der Waals surface area contributed by atoms with Gasteiger partial charge in [-0.3, -0.25) is 0 Å². The first-order valence-electron chi connectivity index (χ1n) is 9.66.